The highest BCUT2D eigenvalue weighted by atomic mass is 16.5. The summed E-state index contributed by atoms with van der Waals surface area (Å²) in [4.78, 5) is 27.5. The van der Waals surface area contributed by atoms with Crippen molar-refractivity contribution >= 4 is 11.7 Å². The number of carbonyl (C=O) groups excluding carboxylic acids is 1. The Hall–Kier alpha value is -1.85. The number of nitrogens with one attached hydrogen (secondary N) is 1. The van der Waals surface area contributed by atoms with Crippen LogP contribution in [0.1, 0.15) is 10.5 Å². The van der Waals surface area contributed by atoms with E-state index >= 15 is 0 Å². The van der Waals surface area contributed by atoms with Gasteiger partial charge in [0.15, 0.2) is 5.69 Å². The summed E-state index contributed by atoms with van der Waals surface area (Å²) in [6, 6.07) is 0. The lowest BCUT2D eigenvalue weighted by atomic mass is 10.3. The molecule has 0 spiro atoms. The summed E-state index contributed by atoms with van der Waals surface area (Å²) in [7, 11) is 1.19. The number of esters is 1. The van der Waals surface area contributed by atoms with Gasteiger partial charge in [0.1, 0.15) is 5.69 Å². The van der Waals surface area contributed by atoms with Gasteiger partial charge in [-0.25, -0.2) is 9.78 Å². The largest absolute Gasteiger partial charge is 0.464 e. The number of anilines is 1. The van der Waals surface area contributed by atoms with Crippen LogP contribution >= 0.6 is 0 Å². The summed E-state index contributed by atoms with van der Waals surface area (Å²) >= 11 is 0. The van der Waals surface area contributed by atoms with Crippen molar-refractivity contribution in [3.8, 4) is 0 Å². The first kappa shape index (κ1) is 8.25. The maximum Gasteiger partial charge on any atom is 0.359 e. The Labute approximate surface area is 67.4 Å². The molecule has 0 saturated carbocycles. The van der Waals surface area contributed by atoms with Gasteiger partial charge in [0.05, 0.1) is 13.4 Å². The quantitative estimate of drug-likeness (QED) is 0.533. The van der Waals surface area contributed by atoms with E-state index in [4.69, 9.17) is 5.73 Å². The standard InChI is InChI=1S/C6H7N3O3/c1-12-6(11)4-3(7)5(10)9-2-8-4/h2H,7H2,1H3,(H,8,9,10). The van der Waals surface area contributed by atoms with Crippen molar-refractivity contribution in [1.82, 2.24) is 9.97 Å². The fourth-order valence-corrected chi connectivity index (χ4v) is 0.670. The van der Waals surface area contributed by atoms with Gasteiger partial charge in [-0.15, -0.1) is 0 Å². The van der Waals surface area contributed by atoms with Crippen molar-refractivity contribution in [3.63, 3.8) is 0 Å². The van der Waals surface area contributed by atoms with Gasteiger partial charge in [-0.1, -0.05) is 0 Å². The van der Waals surface area contributed by atoms with Gasteiger partial charge in [-0.3, -0.25) is 4.79 Å². The molecular weight excluding hydrogens is 162 g/mol. The number of aromatic amines is 1. The maximum atomic E-state index is 10.9. The van der Waals surface area contributed by atoms with Crippen LogP contribution in [0.5, 0.6) is 0 Å². The Bertz CT molecular complexity index is 357. The van der Waals surface area contributed by atoms with E-state index in [0.717, 1.165) is 6.33 Å². The summed E-state index contributed by atoms with van der Waals surface area (Å²) in [6.07, 6.45) is 1.09. The molecule has 0 aliphatic rings. The molecule has 0 aromatic carbocycles. The van der Waals surface area contributed by atoms with Crippen LogP contribution in [-0.4, -0.2) is 23.0 Å². The third-order valence-corrected chi connectivity index (χ3v) is 1.27. The molecule has 3 N–H and O–H groups in total. The average Bonchev–Trinajstić information content (AvgIpc) is 2.08. The molecule has 0 aliphatic heterocycles. The van der Waals surface area contributed by atoms with Gasteiger partial charge in [0.2, 0.25) is 0 Å². The third-order valence-electron chi connectivity index (χ3n) is 1.27. The second-order valence-electron chi connectivity index (χ2n) is 1.99. The zero-order valence-corrected chi connectivity index (χ0v) is 6.33. The lowest BCUT2D eigenvalue weighted by Crippen LogP contribution is -2.19. The molecule has 0 amide bonds. The fraction of sp³-hybridized carbons (Fsp3) is 0.167. The zero-order valence-electron chi connectivity index (χ0n) is 6.33. The van der Waals surface area contributed by atoms with E-state index in [9.17, 15) is 9.59 Å². The predicted molar refractivity (Wildman–Crippen MR) is 40.6 cm³/mol. The number of nitrogens with two attached hydrogens (primary N) is 1. The molecule has 0 unspecified atom stereocenters. The predicted octanol–water partition coefficient (Wildman–Crippen LogP) is -0.861. The van der Waals surface area contributed by atoms with Crippen LogP contribution in [0.4, 0.5) is 5.69 Å². The third kappa shape index (κ3) is 1.26. The SMILES string of the molecule is COC(=O)c1nc[nH]c(=O)c1N. The molecule has 12 heavy (non-hydrogen) atoms. The van der Waals surface area contributed by atoms with Crippen molar-refractivity contribution in [2.45, 2.75) is 0 Å². The van der Waals surface area contributed by atoms with Crippen LogP contribution in [0.15, 0.2) is 11.1 Å². The molecule has 6 nitrogen and oxygen atoms in total. The minimum Gasteiger partial charge on any atom is -0.464 e. The molecule has 0 saturated heterocycles. The van der Waals surface area contributed by atoms with Crippen LogP contribution < -0.4 is 11.3 Å². The van der Waals surface area contributed by atoms with Crippen LogP contribution in [0.2, 0.25) is 0 Å². The molecule has 0 fully saturated rings. The summed E-state index contributed by atoms with van der Waals surface area (Å²) in [5, 5.41) is 0. The Morgan fingerprint density at radius 2 is 2.42 bits per heavy atom. The lowest BCUT2D eigenvalue weighted by Gasteiger charge is -1.99. The van der Waals surface area contributed by atoms with Gasteiger partial charge < -0.3 is 15.5 Å². The second-order valence-corrected chi connectivity index (χ2v) is 1.99. The molecule has 1 heterocycles. The summed E-state index contributed by atoms with van der Waals surface area (Å²) < 4.78 is 4.34. The first-order valence-corrected chi connectivity index (χ1v) is 3.08. The topological polar surface area (TPSA) is 98.1 Å². The minimum absolute atomic E-state index is 0.166. The summed E-state index contributed by atoms with van der Waals surface area (Å²) in [5.41, 5.74) is 4.30. The molecule has 64 valence electrons. The number of methoxy groups -OCH3 is 1. The molecule has 0 radical (unpaired) electrons. The lowest BCUT2D eigenvalue weighted by molar-refractivity contribution is 0.0595. The number of rotatable bonds is 1. The molecule has 0 aliphatic carbocycles. The Balaban J connectivity index is 3.26. The van der Waals surface area contributed by atoms with Crippen molar-refractivity contribution in [3.05, 3.63) is 22.4 Å². The van der Waals surface area contributed by atoms with Crippen LogP contribution in [0.25, 0.3) is 0 Å². The van der Waals surface area contributed by atoms with Crippen molar-refractivity contribution in [2.75, 3.05) is 12.8 Å². The van der Waals surface area contributed by atoms with Gasteiger partial charge in [-0.05, 0) is 0 Å². The van der Waals surface area contributed by atoms with Crippen LogP contribution in [-0.2, 0) is 4.74 Å². The first-order chi connectivity index (χ1) is 5.66. The number of aromatic nitrogens is 2. The van der Waals surface area contributed by atoms with E-state index in [1.54, 1.807) is 0 Å². The smallest absolute Gasteiger partial charge is 0.359 e. The number of ether oxygens (including phenoxy) is 1. The highest BCUT2D eigenvalue weighted by Gasteiger charge is 2.13. The van der Waals surface area contributed by atoms with E-state index in [1.165, 1.54) is 7.11 Å². The summed E-state index contributed by atoms with van der Waals surface area (Å²) in [6.45, 7) is 0. The van der Waals surface area contributed by atoms with E-state index in [-0.39, 0.29) is 11.4 Å². The number of hydrogen-bond donors (Lipinski definition) is 2. The zero-order chi connectivity index (χ0) is 9.14. The van der Waals surface area contributed by atoms with Crippen LogP contribution in [0.3, 0.4) is 0 Å². The first-order valence-electron chi connectivity index (χ1n) is 3.08. The average molecular weight is 169 g/mol. The maximum absolute atomic E-state index is 10.9. The highest BCUT2D eigenvalue weighted by molar-refractivity contribution is 5.92. The molecule has 1 aromatic heterocycles. The number of nitrogen functional groups attached to an aromatic ring is 1. The van der Waals surface area contributed by atoms with E-state index in [1.807, 2.05) is 0 Å². The van der Waals surface area contributed by atoms with Gasteiger partial charge >= 0.3 is 5.97 Å². The van der Waals surface area contributed by atoms with Gasteiger partial charge in [0.25, 0.3) is 5.56 Å². The normalized spacial score (nSPS) is 9.42. The monoisotopic (exact) mass is 169 g/mol. The van der Waals surface area contributed by atoms with Gasteiger partial charge in [0, 0.05) is 0 Å². The minimum atomic E-state index is -0.724. The van der Waals surface area contributed by atoms with E-state index in [2.05, 4.69) is 14.7 Å². The molecule has 1 rings (SSSR count). The fourth-order valence-electron chi connectivity index (χ4n) is 0.670. The van der Waals surface area contributed by atoms with Gasteiger partial charge in [-0.2, -0.15) is 0 Å². The number of nitrogens with zero attached hydrogens (tertiary/aromatic N) is 1. The van der Waals surface area contributed by atoms with E-state index in [0.29, 0.717) is 0 Å². The number of hydrogen-bond acceptors (Lipinski definition) is 5. The molecule has 0 bridgehead atoms. The molecule has 6 heteroatoms. The van der Waals surface area contributed by atoms with Crippen molar-refractivity contribution < 1.29 is 9.53 Å². The van der Waals surface area contributed by atoms with Crippen molar-refractivity contribution in [1.29, 1.82) is 0 Å². The summed E-state index contributed by atoms with van der Waals surface area (Å²) in [5.74, 6) is -0.724. The second kappa shape index (κ2) is 3.04. The molecule has 0 atom stereocenters. The van der Waals surface area contributed by atoms with Crippen LogP contribution in [0, 0.1) is 0 Å². The Morgan fingerprint density at radius 3 is 3.00 bits per heavy atom. The molecule has 1 aromatic rings. The van der Waals surface area contributed by atoms with Crippen molar-refractivity contribution in [2.24, 2.45) is 0 Å². The van der Waals surface area contributed by atoms with E-state index < -0.39 is 11.5 Å². The number of H-pyrrole nitrogens is 1. The number of carbonyl (C=O) groups is 1. The Kier molecular flexibility index (Phi) is 2.09. The highest BCUT2D eigenvalue weighted by Crippen LogP contribution is 2.00. The molecular formula is C6H7N3O3. The Morgan fingerprint density at radius 1 is 1.75 bits per heavy atom.